The number of aromatic nitrogens is 3. The number of nitro benzene ring substituents is 1. The highest BCUT2D eigenvalue weighted by molar-refractivity contribution is 5.88. The molecule has 0 spiro atoms. The molecule has 0 bridgehead atoms. The molecule has 0 aliphatic carbocycles. The summed E-state index contributed by atoms with van der Waals surface area (Å²) in [5.41, 5.74) is 0.852. The van der Waals surface area contributed by atoms with E-state index in [0.29, 0.717) is 41.2 Å². The van der Waals surface area contributed by atoms with E-state index in [0.717, 1.165) is 12.8 Å². The molecule has 3 aromatic rings. The number of hydrogen-bond donors (Lipinski definition) is 2. The molecule has 0 saturated carbocycles. The quantitative estimate of drug-likeness (QED) is 0.527. The number of nitrogens with one attached hydrogen (secondary N) is 1. The summed E-state index contributed by atoms with van der Waals surface area (Å²) >= 11 is 0. The molecule has 0 radical (unpaired) electrons. The fourth-order valence-corrected chi connectivity index (χ4v) is 3.67. The molecule has 0 amide bonds. The van der Waals surface area contributed by atoms with Crippen LogP contribution in [0.15, 0.2) is 36.7 Å². The number of hydrogen-bond acceptors (Lipinski definition) is 7. The minimum atomic E-state index is -0.628. The molecule has 0 unspecified atom stereocenters. The van der Waals surface area contributed by atoms with Crippen LogP contribution < -0.4 is 4.90 Å². The number of fused-ring (bicyclic) bond motifs is 1. The van der Waals surface area contributed by atoms with Crippen LogP contribution in [-0.4, -0.2) is 38.1 Å². The van der Waals surface area contributed by atoms with E-state index in [1.165, 1.54) is 12.1 Å². The lowest BCUT2D eigenvalue weighted by Crippen LogP contribution is -2.36. The van der Waals surface area contributed by atoms with Crippen LogP contribution in [0.2, 0.25) is 0 Å². The maximum Gasteiger partial charge on any atom is 0.270 e. The standard InChI is InChI=1S/C19H18N6O3/c20-11-13-9-17(23-16-2-1-14(25(27)28)10-15(13)16)24-7-3-12(4-8-24)18(26)19-21-5-6-22-19/h1-2,5-6,9-10,12,18,26H,3-4,7-8H2,(H,21,22)/t18-/m1/s1. The summed E-state index contributed by atoms with van der Waals surface area (Å²) < 4.78 is 0. The number of nitrogens with zero attached hydrogens (tertiary/aromatic N) is 5. The van der Waals surface area contributed by atoms with Crippen molar-refractivity contribution >= 4 is 22.4 Å². The highest BCUT2D eigenvalue weighted by Gasteiger charge is 2.28. The van der Waals surface area contributed by atoms with Gasteiger partial charge in [-0.1, -0.05) is 0 Å². The number of benzene rings is 1. The summed E-state index contributed by atoms with van der Waals surface area (Å²) in [5.74, 6) is 1.35. The van der Waals surface area contributed by atoms with Gasteiger partial charge < -0.3 is 15.0 Å². The molecule has 1 aliphatic heterocycles. The highest BCUT2D eigenvalue weighted by atomic mass is 16.6. The van der Waals surface area contributed by atoms with Crippen molar-refractivity contribution in [2.45, 2.75) is 18.9 Å². The molecular weight excluding hydrogens is 360 g/mol. The summed E-state index contributed by atoms with van der Waals surface area (Å²) in [6.07, 6.45) is 4.23. The van der Waals surface area contributed by atoms with Crippen LogP contribution >= 0.6 is 0 Å². The van der Waals surface area contributed by atoms with E-state index in [1.54, 1.807) is 24.5 Å². The van der Waals surface area contributed by atoms with E-state index < -0.39 is 11.0 Å². The van der Waals surface area contributed by atoms with Crippen LogP contribution in [0.1, 0.15) is 30.3 Å². The van der Waals surface area contributed by atoms with Crippen LogP contribution in [0.25, 0.3) is 10.9 Å². The fraction of sp³-hybridized carbons (Fsp3) is 0.316. The van der Waals surface area contributed by atoms with Crippen LogP contribution in [0.3, 0.4) is 0 Å². The Morgan fingerprint density at radius 3 is 2.79 bits per heavy atom. The van der Waals surface area contributed by atoms with Crippen LogP contribution in [0.5, 0.6) is 0 Å². The first-order valence-electron chi connectivity index (χ1n) is 8.98. The van der Waals surface area contributed by atoms with Crippen molar-refractivity contribution in [3.63, 3.8) is 0 Å². The number of nitro groups is 1. The van der Waals surface area contributed by atoms with Gasteiger partial charge in [0.15, 0.2) is 0 Å². The van der Waals surface area contributed by atoms with Gasteiger partial charge in [-0.3, -0.25) is 10.1 Å². The van der Waals surface area contributed by atoms with Crippen molar-refractivity contribution in [2.24, 2.45) is 5.92 Å². The lowest BCUT2D eigenvalue weighted by molar-refractivity contribution is -0.384. The molecule has 1 fully saturated rings. The number of imidazole rings is 1. The number of anilines is 1. The highest BCUT2D eigenvalue weighted by Crippen LogP contribution is 2.32. The molecule has 1 aromatic carbocycles. The smallest absolute Gasteiger partial charge is 0.270 e. The number of aromatic amines is 1. The number of nitriles is 1. The van der Waals surface area contributed by atoms with E-state index in [2.05, 4.69) is 25.9 Å². The first-order valence-corrected chi connectivity index (χ1v) is 8.98. The maximum atomic E-state index is 11.0. The van der Waals surface area contributed by atoms with Crippen molar-refractivity contribution in [3.05, 3.63) is 58.2 Å². The molecule has 9 heteroatoms. The van der Waals surface area contributed by atoms with Gasteiger partial charge >= 0.3 is 0 Å². The predicted octanol–water partition coefficient (Wildman–Crippen LogP) is 2.69. The van der Waals surface area contributed by atoms with Crippen molar-refractivity contribution in [2.75, 3.05) is 18.0 Å². The first-order chi connectivity index (χ1) is 13.6. The van der Waals surface area contributed by atoms with Gasteiger partial charge in [0.25, 0.3) is 5.69 Å². The molecular formula is C19H18N6O3. The Labute approximate surface area is 160 Å². The average molecular weight is 378 g/mol. The summed E-state index contributed by atoms with van der Waals surface area (Å²) in [6, 6.07) is 8.15. The number of aliphatic hydroxyl groups is 1. The van der Waals surface area contributed by atoms with Gasteiger partial charge in [0.2, 0.25) is 0 Å². The second-order valence-corrected chi connectivity index (χ2v) is 6.84. The molecule has 3 heterocycles. The van der Waals surface area contributed by atoms with Gasteiger partial charge in [-0.25, -0.2) is 9.97 Å². The monoisotopic (exact) mass is 378 g/mol. The molecule has 1 saturated heterocycles. The lowest BCUT2D eigenvalue weighted by Gasteiger charge is -2.34. The Balaban J connectivity index is 1.56. The molecule has 1 atom stereocenters. The molecule has 28 heavy (non-hydrogen) atoms. The van der Waals surface area contributed by atoms with Gasteiger partial charge in [-0.2, -0.15) is 5.26 Å². The second-order valence-electron chi connectivity index (χ2n) is 6.84. The summed E-state index contributed by atoms with van der Waals surface area (Å²) in [5, 5.41) is 31.4. The number of non-ortho nitro benzene ring substituents is 1. The summed E-state index contributed by atoms with van der Waals surface area (Å²) in [6.45, 7) is 1.39. The van der Waals surface area contributed by atoms with Crippen LogP contribution in [0.4, 0.5) is 11.5 Å². The summed E-state index contributed by atoms with van der Waals surface area (Å²) in [7, 11) is 0. The zero-order chi connectivity index (χ0) is 19.7. The number of piperidine rings is 1. The molecule has 2 N–H and O–H groups in total. The van der Waals surface area contributed by atoms with Gasteiger partial charge in [-0.05, 0) is 30.9 Å². The minimum absolute atomic E-state index is 0.0636. The average Bonchev–Trinajstić information content (AvgIpc) is 3.27. The molecule has 4 rings (SSSR count). The van der Waals surface area contributed by atoms with Gasteiger partial charge in [0, 0.05) is 43.0 Å². The topological polar surface area (TPSA) is 132 Å². The van der Waals surface area contributed by atoms with Crippen molar-refractivity contribution in [3.8, 4) is 6.07 Å². The van der Waals surface area contributed by atoms with Crippen molar-refractivity contribution in [1.82, 2.24) is 15.0 Å². The molecule has 142 valence electrons. The third-order valence-electron chi connectivity index (χ3n) is 5.22. The normalized spacial score (nSPS) is 16.1. The molecule has 2 aromatic heterocycles. The maximum absolute atomic E-state index is 11.0. The first kappa shape index (κ1) is 17.9. The Morgan fingerprint density at radius 1 is 1.36 bits per heavy atom. The predicted molar refractivity (Wildman–Crippen MR) is 102 cm³/mol. The Hall–Kier alpha value is -3.51. The Kier molecular flexibility index (Phi) is 4.63. The van der Waals surface area contributed by atoms with E-state index in [-0.39, 0.29) is 11.6 Å². The lowest BCUT2D eigenvalue weighted by atomic mass is 9.90. The second kappa shape index (κ2) is 7.25. The summed E-state index contributed by atoms with van der Waals surface area (Å²) in [4.78, 5) is 24.3. The van der Waals surface area contributed by atoms with Crippen molar-refractivity contribution in [1.29, 1.82) is 5.26 Å². The van der Waals surface area contributed by atoms with Gasteiger partial charge in [0.05, 0.1) is 22.1 Å². The Morgan fingerprint density at radius 2 is 2.14 bits per heavy atom. The third kappa shape index (κ3) is 3.25. The number of rotatable bonds is 4. The van der Waals surface area contributed by atoms with Crippen LogP contribution in [0, 0.1) is 27.4 Å². The largest absolute Gasteiger partial charge is 0.385 e. The third-order valence-corrected chi connectivity index (χ3v) is 5.22. The molecule has 1 aliphatic rings. The number of pyridine rings is 1. The number of H-pyrrole nitrogens is 1. The minimum Gasteiger partial charge on any atom is -0.385 e. The van der Waals surface area contributed by atoms with E-state index in [1.807, 2.05) is 0 Å². The van der Waals surface area contributed by atoms with Crippen molar-refractivity contribution < 1.29 is 10.0 Å². The number of aliphatic hydroxyl groups excluding tert-OH is 1. The van der Waals surface area contributed by atoms with E-state index in [4.69, 9.17) is 0 Å². The van der Waals surface area contributed by atoms with Gasteiger partial charge in [-0.15, -0.1) is 0 Å². The molecule has 9 nitrogen and oxygen atoms in total. The van der Waals surface area contributed by atoms with Gasteiger partial charge in [0.1, 0.15) is 17.7 Å². The van der Waals surface area contributed by atoms with E-state index in [9.17, 15) is 20.5 Å². The SMILES string of the molecule is N#Cc1cc(N2CCC([C@@H](O)c3ncc[nH]3)CC2)nc2ccc([N+](=O)[O-])cc12. The van der Waals surface area contributed by atoms with Crippen LogP contribution in [-0.2, 0) is 0 Å². The zero-order valence-corrected chi connectivity index (χ0v) is 14.9. The Bertz CT molecular complexity index is 1050. The van der Waals surface area contributed by atoms with E-state index >= 15 is 0 Å². The zero-order valence-electron chi connectivity index (χ0n) is 14.9. The fourth-order valence-electron chi connectivity index (χ4n) is 3.67.